The van der Waals surface area contributed by atoms with Gasteiger partial charge in [0.25, 0.3) is 5.91 Å². The SMILES string of the molecule is COc1ccc(C(=O)Nc2ccccc2N2CCc3ccccc32)cc1[N+](=O)[O-]. The lowest BCUT2D eigenvalue weighted by atomic mass is 10.1. The molecule has 0 fully saturated rings. The van der Waals surface area contributed by atoms with Crippen LogP contribution in [0, 0.1) is 10.1 Å². The number of para-hydroxylation sites is 3. The van der Waals surface area contributed by atoms with Gasteiger partial charge in [-0.1, -0.05) is 30.3 Å². The van der Waals surface area contributed by atoms with Crippen molar-refractivity contribution in [3.05, 3.63) is 88.0 Å². The fraction of sp³-hybridized carbons (Fsp3) is 0.136. The number of nitrogens with zero attached hydrogens (tertiary/aromatic N) is 2. The monoisotopic (exact) mass is 389 g/mol. The van der Waals surface area contributed by atoms with Crippen LogP contribution in [-0.4, -0.2) is 24.5 Å². The number of anilines is 3. The minimum atomic E-state index is -0.565. The number of hydrogen-bond donors (Lipinski definition) is 1. The molecule has 146 valence electrons. The van der Waals surface area contributed by atoms with E-state index in [0.717, 1.165) is 24.3 Å². The van der Waals surface area contributed by atoms with Gasteiger partial charge >= 0.3 is 5.69 Å². The Kier molecular flexibility index (Phi) is 4.87. The number of fused-ring (bicyclic) bond motifs is 1. The maximum atomic E-state index is 12.8. The molecule has 0 aliphatic carbocycles. The summed E-state index contributed by atoms with van der Waals surface area (Å²) in [5, 5.41) is 14.1. The molecule has 0 saturated heterocycles. The summed E-state index contributed by atoms with van der Waals surface area (Å²) in [6.07, 6.45) is 0.934. The lowest BCUT2D eigenvalue weighted by Gasteiger charge is -2.23. The lowest BCUT2D eigenvalue weighted by Crippen LogP contribution is -2.18. The third-order valence-corrected chi connectivity index (χ3v) is 4.97. The van der Waals surface area contributed by atoms with E-state index in [2.05, 4.69) is 22.3 Å². The van der Waals surface area contributed by atoms with Crippen LogP contribution in [0.25, 0.3) is 0 Å². The Morgan fingerprint density at radius 1 is 1.07 bits per heavy atom. The van der Waals surface area contributed by atoms with Gasteiger partial charge in [0, 0.05) is 23.9 Å². The van der Waals surface area contributed by atoms with Gasteiger partial charge in [0.1, 0.15) is 0 Å². The molecular weight excluding hydrogens is 370 g/mol. The Labute approximate surface area is 167 Å². The smallest absolute Gasteiger partial charge is 0.311 e. The number of methoxy groups -OCH3 is 1. The fourth-order valence-electron chi connectivity index (χ4n) is 3.57. The van der Waals surface area contributed by atoms with Crippen molar-refractivity contribution in [2.45, 2.75) is 6.42 Å². The van der Waals surface area contributed by atoms with Crippen LogP contribution in [0.1, 0.15) is 15.9 Å². The van der Waals surface area contributed by atoms with Crippen molar-refractivity contribution in [3.63, 3.8) is 0 Å². The highest BCUT2D eigenvalue weighted by Gasteiger charge is 2.23. The number of carbonyl (C=O) groups excluding carboxylic acids is 1. The number of amides is 1. The summed E-state index contributed by atoms with van der Waals surface area (Å²) in [5.41, 5.74) is 3.85. The molecule has 7 heteroatoms. The van der Waals surface area contributed by atoms with Gasteiger partial charge < -0.3 is 15.0 Å². The van der Waals surface area contributed by atoms with Crippen LogP contribution < -0.4 is 15.0 Å². The Morgan fingerprint density at radius 2 is 1.79 bits per heavy atom. The van der Waals surface area contributed by atoms with E-state index in [4.69, 9.17) is 4.74 Å². The number of hydrogen-bond acceptors (Lipinski definition) is 5. The number of rotatable bonds is 5. The molecule has 29 heavy (non-hydrogen) atoms. The minimum Gasteiger partial charge on any atom is -0.490 e. The van der Waals surface area contributed by atoms with Crippen molar-refractivity contribution in [2.75, 3.05) is 23.9 Å². The Hall–Kier alpha value is -3.87. The highest BCUT2D eigenvalue weighted by molar-refractivity contribution is 6.06. The number of carbonyl (C=O) groups is 1. The summed E-state index contributed by atoms with van der Waals surface area (Å²) in [7, 11) is 1.35. The van der Waals surface area contributed by atoms with E-state index < -0.39 is 10.8 Å². The van der Waals surface area contributed by atoms with Gasteiger partial charge in [-0.15, -0.1) is 0 Å². The second-order valence-corrected chi connectivity index (χ2v) is 6.65. The van der Waals surface area contributed by atoms with Crippen LogP contribution in [0.2, 0.25) is 0 Å². The van der Waals surface area contributed by atoms with E-state index in [9.17, 15) is 14.9 Å². The largest absolute Gasteiger partial charge is 0.490 e. The van der Waals surface area contributed by atoms with Crippen LogP contribution in [0.5, 0.6) is 5.75 Å². The second kappa shape index (κ2) is 7.63. The zero-order valence-corrected chi connectivity index (χ0v) is 15.8. The molecule has 3 aromatic rings. The number of nitro groups is 1. The summed E-state index contributed by atoms with van der Waals surface area (Å²) >= 11 is 0. The van der Waals surface area contributed by atoms with Crippen molar-refractivity contribution in [3.8, 4) is 5.75 Å². The zero-order chi connectivity index (χ0) is 20.4. The molecule has 0 radical (unpaired) electrons. The average Bonchev–Trinajstić information content (AvgIpc) is 3.17. The predicted molar refractivity (Wildman–Crippen MR) is 111 cm³/mol. The van der Waals surface area contributed by atoms with E-state index in [0.29, 0.717) is 5.69 Å². The molecule has 0 bridgehead atoms. The highest BCUT2D eigenvalue weighted by atomic mass is 16.6. The maximum absolute atomic E-state index is 12.8. The minimum absolute atomic E-state index is 0.112. The van der Waals surface area contributed by atoms with Crippen molar-refractivity contribution >= 4 is 28.7 Å². The first-order valence-corrected chi connectivity index (χ1v) is 9.16. The van der Waals surface area contributed by atoms with Crippen LogP contribution in [0.15, 0.2) is 66.7 Å². The molecule has 4 rings (SSSR count). The van der Waals surface area contributed by atoms with E-state index >= 15 is 0 Å². The van der Waals surface area contributed by atoms with Gasteiger partial charge in [-0.05, 0) is 42.3 Å². The summed E-state index contributed by atoms with van der Waals surface area (Å²) in [6, 6.07) is 19.9. The van der Waals surface area contributed by atoms with E-state index in [1.165, 1.54) is 30.9 Å². The lowest BCUT2D eigenvalue weighted by molar-refractivity contribution is -0.385. The number of nitrogens with one attached hydrogen (secondary N) is 1. The van der Waals surface area contributed by atoms with Gasteiger partial charge in [0.05, 0.1) is 23.4 Å². The van der Waals surface area contributed by atoms with Crippen molar-refractivity contribution in [2.24, 2.45) is 0 Å². The van der Waals surface area contributed by atoms with Crippen LogP contribution in [0.4, 0.5) is 22.7 Å². The molecule has 0 saturated carbocycles. The predicted octanol–water partition coefficient (Wildman–Crippen LogP) is 4.55. The third kappa shape index (κ3) is 3.50. The van der Waals surface area contributed by atoms with Gasteiger partial charge in [-0.2, -0.15) is 0 Å². The fourth-order valence-corrected chi connectivity index (χ4v) is 3.57. The van der Waals surface area contributed by atoms with Crippen LogP contribution >= 0.6 is 0 Å². The molecule has 0 atom stereocenters. The van der Waals surface area contributed by atoms with Crippen molar-refractivity contribution in [1.29, 1.82) is 0 Å². The standard InChI is InChI=1S/C22H19N3O4/c1-29-21-11-10-16(14-20(21)25(27)28)22(26)23-17-7-3-5-9-19(17)24-13-12-15-6-2-4-8-18(15)24/h2-11,14H,12-13H2,1H3,(H,23,26). The summed E-state index contributed by atoms with van der Waals surface area (Å²) < 4.78 is 5.00. The first-order valence-electron chi connectivity index (χ1n) is 9.16. The molecule has 0 spiro atoms. The molecule has 7 nitrogen and oxygen atoms in total. The number of benzene rings is 3. The van der Waals surface area contributed by atoms with Gasteiger partial charge in [-0.3, -0.25) is 14.9 Å². The Bertz CT molecular complexity index is 1100. The van der Waals surface area contributed by atoms with E-state index in [1.54, 1.807) is 0 Å². The summed E-state index contributed by atoms with van der Waals surface area (Å²) in [4.78, 5) is 25.7. The molecule has 1 aliphatic heterocycles. The number of ether oxygens (including phenoxy) is 1. The van der Waals surface area contributed by atoms with Crippen LogP contribution in [0.3, 0.4) is 0 Å². The van der Waals surface area contributed by atoms with Gasteiger partial charge in [0.2, 0.25) is 0 Å². The highest BCUT2D eigenvalue weighted by Crippen LogP contribution is 2.38. The molecule has 3 aromatic carbocycles. The van der Waals surface area contributed by atoms with Crippen LogP contribution in [-0.2, 0) is 6.42 Å². The Balaban J connectivity index is 1.64. The first-order chi connectivity index (χ1) is 14.1. The zero-order valence-electron chi connectivity index (χ0n) is 15.8. The first kappa shape index (κ1) is 18.5. The summed E-state index contributed by atoms with van der Waals surface area (Å²) in [6.45, 7) is 0.820. The maximum Gasteiger partial charge on any atom is 0.311 e. The topological polar surface area (TPSA) is 84.7 Å². The molecule has 1 aliphatic rings. The third-order valence-electron chi connectivity index (χ3n) is 4.97. The normalized spacial score (nSPS) is 12.4. The van der Waals surface area contributed by atoms with Gasteiger partial charge in [-0.25, -0.2) is 0 Å². The van der Waals surface area contributed by atoms with E-state index in [1.807, 2.05) is 36.4 Å². The number of nitro benzene ring substituents is 1. The van der Waals surface area contributed by atoms with Gasteiger partial charge in [0.15, 0.2) is 5.75 Å². The molecular formula is C22H19N3O4. The second-order valence-electron chi connectivity index (χ2n) is 6.65. The van der Waals surface area contributed by atoms with Crippen molar-refractivity contribution < 1.29 is 14.5 Å². The van der Waals surface area contributed by atoms with Crippen molar-refractivity contribution in [1.82, 2.24) is 0 Å². The quantitative estimate of drug-likeness (QED) is 0.511. The average molecular weight is 389 g/mol. The molecule has 0 unspecified atom stereocenters. The molecule has 1 amide bonds. The molecule has 0 aromatic heterocycles. The Morgan fingerprint density at radius 3 is 2.55 bits per heavy atom. The summed E-state index contributed by atoms with van der Waals surface area (Å²) in [5.74, 6) is -0.309. The molecule has 1 N–H and O–H groups in total. The molecule has 1 heterocycles. The van der Waals surface area contributed by atoms with E-state index in [-0.39, 0.29) is 17.0 Å².